The summed E-state index contributed by atoms with van der Waals surface area (Å²) in [5.41, 5.74) is 3.10. The van der Waals surface area contributed by atoms with Crippen LogP contribution in [-0.2, 0) is 11.2 Å². The van der Waals surface area contributed by atoms with Gasteiger partial charge in [0.25, 0.3) is 0 Å². The number of hydrogen-bond acceptors (Lipinski definition) is 4. The lowest BCUT2D eigenvalue weighted by atomic mass is 10.1. The zero-order valence-electron chi connectivity index (χ0n) is 16.7. The summed E-state index contributed by atoms with van der Waals surface area (Å²) in [7, 11) is 0. The molecule has 0 saturated carbocycles. The van der Waals surface area contributed by atoms with Gasteiger partial charge in [-0.2, -0.15) is 0 Å². The zero-order chi connectivity index (χ0) is 20.8. The highest BCUT2D eigenvalue weighted by Gasteiger charge is 2.06. The zero-order valence-corrected chi connectivity index (χ0v) is 16.7. The minimum Gasteiger partial charge on any atom is -0.439 e. The van der Waals surface area contributed by atoms with Crippen molar-refractivity contribution in [3.63, 3.8) is 0 Å². The molecule has 4 aromatic rings. The lowest BCUT2D eigenvalue weighted by Gasteiger charge is -2.09. The van der Waals surface area contributed by atoms with Gasteiger partial charge in [0.2, 0.25) is 11.8 Å². The number of aryl methyl sites for hydroxylation is 2. The Morgan fingerprint density at radius 1 is 1.00 bits per heavy atom. The molecule has 1 amide bonds. The van der Waals surface area contributed by atoms with Gasteiger partial charge in [-0.25, -0.2) is 9.97 Å². The van der Waals surface area contributed by atoms with Crippen LogP contribution in [0.3, 0.4) is 0 Å². The van der Waals surface area contributed by atoms with E-state index in [1.54, 1.807) is 18.2 Å². The standard InChI is InChI=1S/C24H22N4O2/c1-18-5-4-6-19(15-18)7-12-23(29)27-20-8-10-21(11-9-20)30-24-16-22(25-17-26-24)28-13-2-3-14-28/h2-6,8-11,13-17H,7,12H2,1H3,(H,27,29). The van der Waals surface area contributed by atoms with Crippen LogP contribution >= 0.6 is 0 Å². The van der Waals surface area contributed by atoms with Crippen LogP contribution in [-0.4, -0.2) is 20.4 Å². The van der Waals surface area contributed by atoms with Crippen LogP contribution in [0, 0.1) is 6.92 Å². The molecule has 6 heteroatoms. The van der Waals surface area contributed by atoms with E-state index in [0.717, 1.165) is 17.1 Å². The van der Waals surface area contributed by atoms with Gasteiger partial charge in [-0.05, 0) is 55.3 Å². The number of carbonyl (C=O) groups excluding carboxylic acids is 1. The van der Waals surface area contributed by atoms with Crippen molar-refractivity contribution in [3.05, 3.63) is 96.6 Å². The molecule has 0 atom stereocenters. The van der Waals surface area contributed by atoms with Crippen molar-refractivity contribution in [1.29, 1.82) is 0 Å². The average molecular weight is 398 g/mol. The second-order valence-corrected chi connectivity index (χ2v) is 6.97. The van der Waals surface area contributed by atoms with Gasteiger partial charge in [0.1, 0.15) is 17.9 Å². The van der Waals surface area contributed by atoms with E-state index in [0.29, 0.717) is 24.5 Å². The highest BCUT2D eigenvalue weighted by atomic mass is 16.5. The van der Waals surface area contributed by atoms with Crippen molar-refractivity contribution in [3.8, 4) is 17.4 Å². The van der Waals surface area contributed by atoms with E-state index >= 15 is 0 Å². The Morgan fingerprint density at radius 3 is 2.57 bits per heavy atom. The monoisotopic (exact) mass is 398 g/mol. The first kappa shape index (κ1) is 19.4. The summed E-state index contributed by atoms with van der Waals surface area (Å²) in [6.45, 7) is 2.05. The average Bonchev–Trinajstić information content (AvgIpc) is 3.29. The molecule has 1 N–H and O–H groups in total. The third-order valence-corrected chi connectivity index (χ3v) is 4.58. The molecule has 30 heavy (non-hydrogen) atoms. The first-order valence-corrected chi connectivity index (χ1v) is 9.74. The summed E-state index contributed by atoms with van der Waals surface area (Å²) in [5, 5.41) is 2.92. The maximum atomic E-state index is 12.2. The van der Waals surface area contributed by atoms with E-state index in [1.807, 2.05) is 53.4 Å². The van der Waals surface area contributed by atoms with Gasteiger partial charge in [-0.3, -0.25) is 4.79 Å². The summed E-state index contributed by atoms with van der Waals surface area (Å²) in [5.74, 6) is 1.79. The number of anilines is 1. The second-order valence-electron chi connectivity index (χ2n) is 6.97. The van der Waals surface area contributed by atoms with E-state index in [-0.39, 0.29) is 5.91 Å². The second kappa shape index (κ2) is 9.05. The molecule has 0 aliphatic rings. The quantitative estimate of drug-likeness (QED) is 0.479. The van der Waals surface area contributed by atoms with E-state index in [2.05, 4.69) is 34.3 Å². The van der Waals surface area contributed by atoms with Crippen LogP contribution in [0.15, 0.2) is 85.5 Å². The van der Waals surface area contributed by atoms with Crippen LogP contribution < -0.4 is 10.1 Å². The molecule has 0 radical (unpaired) electrons. The Labute approximate surface area is 175 Å². The number of benzene rings is 2. The third kappa shape index (κ3) is 5.11. The molecule has 4 rings (SSSR count). The molecular formula is C24H22N4O2. The van der Waals surface area contributed by atoms with Crippen LogP contribution in [0.1, 0.15) is 17.5 Å². The Morgan fingerprint density at radius 2 is 1.80 bits per heavy atom. The fourth-order valence-electron chi connectivity index (χ4n) is 3.09. The number of nitrogens with one attached hydrogen (secondary N) is 1. The van der Waals surface area contributed by atoms with E-state index in [1.165, 1.54) is 11.9 Å². The molecule has 2 heterocycles. The summed E-state index contributed by atoms with van der Waals surface area (Å²) in [6, 6.07) is 21.1. The van der Waals surface area contributed by atoms with Crippen molar-refractivity contribution >= 4 is 11.6 Å². The lowest BCUT2D eigenvalue weighted by Crippen LogP contribution is -2.12. The van der Waals surface area contributed by atoms with Crippen LogP contribution in [0.5, 0.6) is 11.6 Å². The summed E-state index contributed by atoms with van der Waals surface area (Å²) in [6.07, 6.45) is 6.43. The normalized spacial score (nSPS) is 10.6. The number of carbonyl (C=O) groups is 1. The van der Waals surface area contributed by atoms with Crippen LogP contribution in [0.25, 0.3) is 5.82 Å². The van der Waals surface area contributed by atoms with Crippen LogP contribution in [0.4, 0.5) is 5.69 Å². The van der Waals surface area contributed by atoms with Gasteiger partial charge in [-0.15, -0.1) is 0 Å². The van der Waals surface area contributed by atoms with Crippen molar-refractivity contribution in [1.82, 2.24) is 14.5 Å². The number of aromatic nitrogens is 3. The molecular weight excluding hydrogens is 376 g/mol. The molecule has 0 bridgehead atoms. The van der Waals surface area contributed by atoms with Crippen molar-refractivity contribution < 1.29 is 9.53 Å². The summed E-state index contributed by atoms with van der Waals surface area (Å²) < 4.78 is 7.70. The predicted molar refractivity (Wildman–Crippen MR) is 116 cm³/mol. The first-order chi connectivity index (χ1) is 14.7. The largest absolute Gasteiger partial charge is 0.439 e. The Balaban J connectivity index is 1.33. The minimum atomic E-state index is -0.0164. The molecule has 0 fully saturated rings. The molecule has 0 saturated heterocycles. The van der Waals surface area contributed by atoms with Gasteiger partial charge in [0, 0.05) is 30.6 Å². The molecule has 2 aromatic carbocycles. The molecule has 2 aromatic heterocycles. The molecule has 0 spiro atoms. The summed E-state index contributed by atoms with van der Waals surface area (Å²) >= 11 is 0. The Kier molecular flexibility index (Phi) is 5.85. The molecule has 0 unspecified atom stereocenters. The number of nitrogens with zero attached hydrogens (tertiary/aromatic N) is 3. The number of rotatable bonds is 7. The van der Waals surface area contributed by atoms with Crippen molar-refractivity contribution in [2.24, 2.45) is 0 Å². The van der Waals surface area contributed by atoms with Crippen molar-refractivity contribution in [2.75, 3.05) is 5.32 Å². The maximum absolute atomic E-state index is 12.2. The molecule has 6 nitrogen and oxygen atoms in total. The topological polar surface area (TPSA) is 69.0 Å². The molecule has 150 valence electrons. The van der Waals surface area contributed by atoms with Gasteiger partial charge in [0.05, 0.1) is 0 Å². The van der Waals surface area contributed by atoms with Gasteiger partial charge < -0.3 is 14.6 Å². The van der Waals surface area contributed by atoms with E-state index in [4.69, 9.17) is 4.74 Å². The highest BCUT2D eigenvalue weighted by Crippen LogP contribution is 2.22. The van der Waals surface area contributed by atoms with E-state index < -0.39 is 0 Å². The first-order valence-electron chi connectivity index (χ1n) is 9.74. The number of hydrogen-bond donors (Lipinski definition) is 1. The lowest BCUT2D eigenvalue weighted by molar-refractivity contribution is -0.116. The van der Waals surface area contributed by atoms with E-state index in [9.17, 15) is 4.79 Å². The fraction of sp³-hybridized carbons (Fsp3) is 0.125. The third-order valence-electron chi connectivity index (χ3n) is 4.58. The van der Waals surface area contributed by atoms with Gasteiger partial charge in [-0.1, -0.05) is 29.8 Å². The fourth-order valence-corrected chi connectivity index (χ4v) is 3.09. The Hall–Kier alpha value is -3.93. The van der Waals surface area contributed by atoms with Gasteiger partial charge >= 0.3 is 0 Å². The Bertz CT molecular complexity index is 1120. The molecule has 0 aliphatic heterocycles. The number of ether oxygens (including phenoxy) is 1. The van der Waals surface area contributed by atoms with Crippen molar-refractivity contribution in [2.45, 2.75) is 19.8 Å². The minimum absolute atomic E-state index is 0.0164. The maximum Gasteiger partial charge on any atom is 0.224 e. The van der Waals surface area contributed by atoms with Gasteiger partial charge in [0.15, 0.2) is 0 Å². The predicted octanol–water partition coefficient (Wildman–Crippen LogP) is 4.94. The molecule has 0 aliphatic carbocycles. The number of amides is 1. The highest BCUT2D eigenvalue weighted by molar-refractivity contribution is 5.90. The SMILES string of the molecule is Cc1cccc(CCC(=O)Nc2ccc(Oc3cc(-n4cccc4)ncn3)cc2)c1. The smallest absolute Gasteiger partial charge is 0.224 e. The van der Waals surface area contributed by atoms with Crippen LogP contribution in [0.2, 0.25) is 0 Å². The summed E-state index contributed by atoms with van der Waals surface area (Å²) in [4.78, 5) is 20.6.